The molecular weight excluding hydrogens is 1780 g/mol. The molecule has 716 valence electrons. The summed E-state index contributed by atoms with van der Waals surface area (Å²) in [5.74, 6) is -21.2. The Balaban J connectivity index is 0.869. The largest absolute Gasteiger partial charge is 0.481 e. The van der Waals surface area contributed by atoms with Crippen LogP contribution in [0, 0.1) is 5.92 Å². The Bertz CT molecular complexity index is 5520. The van der Waals surface area contributed by atoms with Crippen molar-refractivity contribution in [1.82, 2.24) is 89.0 Å². The van der Waals surface area contributed by atoms with E-state index in [0.717, 1.165) is 21.4 Å². The maximum absolute atomic E-state index is 15.2. The molecule has 9 rings (SSSR count). The molecule has 1 aliphatic rings. The molecule has 134 heavy (non-hydrogen) atoms. The van der Waals surface area contributed by atoms with E-state index in [9.17, 15) is 92.3 Å². The summed E-state index contributed by atoms with van der Waals surface area (Å²) in [7, 11) is 0. The number of fused-ring (bicyclic) bond motifs is 3. The Labute approximate surface area is 779 Å². The minimum Gasteiger partial charge on any atom is -0.481 e. The minimum atomic E-state index is -1.97. The molecule has 0 bridgehead atoms. The van der Waals surface area contributed by atoms with Crippen molar-refractivity contribution in [2.24, 2.45) is 17.4 Å². The van der Waals surface area contributed by atoms with Gasteiger partial charge in [0.2, 0.25) is 82.7 Å². The van der Waals surface area contributed by atoms with E-state index in [4.69, 9.17) is 11.5 Å². The molecule has 13 atom stereocenters. The highest BCUT2D eigenvalue weighted by Gasteiger charge is 2.42. The average Bonchev–Trinajstić information content (AvgIpc) is 1.66. The van der Waals surface area contributed by atoms with Crippen molar-refractivity contribution in [1.29, 1.82) is 0 Å². The zero-order valence-electron chi connectivity index (χ0n) is 73.5. The highest BCUT2D eigenvalue weighted by atomic mass is 32.1. The van der Waals surface area contributed by atoms with Crippen molar-refractivity contribution in [2.75, 3.05) is 37.7 Å². The van der Waals surface area contributed by atoms with Crippen molar-refractivity contribution < 1.29 is 107 Å². The van der Waals surface area contributed by atoms with Crippen molar-refractivity contribution in [3.8, 4) is 0 Å². The first-order valence-electron chi connectivity index (χ1n) is 43.6. The van der Waals surface area contributed by atoms with Gasteiger partial charge in [0.15, 0.2) is 0 Å². The second kappa shape index (κ2) is 51.0. The van der Waals surface area contributed by atoms with Crippen LogP contribution in [0.1, 0.15) is 106 Å². The quantitative estimate of drug-likeness (QED) is 0.0168. The molecule has 41 nitrogen and oxygen atoms in total. The molecule has 1 aliphatic heterocycles. The zero-order chi connectivity index (χ0) is 97.2. The first-order chi connectivity index (χ1) is 64.1. The number of hydrogen-bond acceptors (Lipinski definition) is 22. The monoisotopic (exact) mass is 1890 g/mol. The van der Waals surface area contributed by atoms with Crippen LogP contribution in [-0.4, -0.2) is 263 Å². The molecule has 0 unspecified atom stereocenters. The van der Waals surface area contributed by atoms with Gasteiger partial charge in [0, 0.05) is 101 Å². The number of para-hydroxylation sites is 3. The van der Waals surface area contributed by atoms with Gasteiger partial charge in [-0.15, -0.1) is 0 Å². The Morgan fingerprint density at radius 3 is 1.21 bits per heavy atom. The number of likely N-dealkylation sites (tertiary alicyclic amines) is 1. The highest BCUT2D eigenvalue weighted by molar-refractivity contribution is 7.80. The lowest BCUT2D eigenvalue weighted by Gasteiger charge is -2.30. The van der Waals surface area contributed by atoms with E-state index < -0.39 is 235 Å². The van der Waals surface area contributed by atoms with Gasteiger partial charge in [0.25, 0.3) is 0 Å². The molecule has 0 radical (unpaired) electrons. The SMILES string of the molecule is CC(C)C[C@H](NC(=O)[C@H](Cc1c[nH]c2ccccc12)NC(=O)[C@@H]1CCCN1C(=O)[C@H](CCC(=O)O)NC(=O)CNC(=O)[C@H](CC(=O)O)NC(=O)[C@H](CS)NC(=O)[C@H](Cc1ccccc1)NC(=O)[C@H](CCCCN)NC(=O)[C@@H](N)Cc1c[nH]c2ccccc12)C(=O)N[C@@H](Cc1ccccc1)C(=O)N[C@@H](CS)C(=O)N[C@@H](Cc1c[nH]c2ccccc12)C(=O)N[C@@H](CC(=O)O)C(=O)NCC(=O)O. The summed E-state index contributed by atoms with van der Waals surface area (Å²) in [6.45, 7) is 1.65. The summed E-state index contributed by atoms with van der Waals surface area (Å²) < 4.78 is 0. The predicted octanol–water partition coefficient (Wildman–Crippen LogP) is -0.539. The summed E-state index contributed by atoms with van der Waals surface area (Å²) in [5.41, 5.74) is 17.1. The third kappa shape index (κ3) is 31.0. The van der Waals surface area contributed by atoms with Crippen LogP contribution in [0.5, 0.6) is 0 Å². The van der Waals surface area contributed by atoms with E-state index in [1.807, 2.05) is 29.6 Å². The lowest BCUT2D eigenvalue weighted by Crippen LogP contribution is -2.61. The number of carboxylic acid groups (broad SMARTS) is 4. The van der Waals surface area contributed by atoms with Gasteiger partial charge >= 0.3 is 23.9 Å². The van der Waals surface area contributed by atoms with E-state index in [1.54, 1.807) is 142 Å². The number of aromatic amines is 3. The van der Waals surface area contributed by atoms with Crippen molar-refractivity contribution in [2.45, 2.75) is 189 Å². The number of nitrogens with zero attached hydrogens (tertiary/aromatic N) is 1. The van der Waals surface area contributed by atoms with Crippen LogP contribution in [0.3, 0.4) is 0 Å². The molecule has 1 fully saturated rings. The van der Waals surface area contributed by atoms with Gasteiger partial charge in [-0.25, -0.2) is 0 Å². The molecule has 1 saturated heterocycles. The predicted molar refractivity (Wildman–Crippen MR) is 495 cm³/mol. The summed E-state index contributed by atoms with van der Waals surface area (Å²) in [5, 5.41) is 73.5. The molecule has 4 heterocycles. The number of benzene rings is 5. The van der Waals surface area contributed by atoms with Gasteiger partial charge < -0.3 is 121 Å². The Morgan fingerprint density at radius 1 is 0.396 bits per heavy atom. The zero-order valence-corrected chi connectivity index (χ0v) is 75.3. The lowest BCUT2D eigenvalue weighted by atomic mass is 9.99. The third-order valence-corrected chi connectivity index (χ3v) is 23.0. The fourth-order valence-corrected chi connectivity index (χ4v) is 15.9. The lowest BCUT2D eigenvalue weighted by molar-refractivity contribution is -0.143. The van der Waals surface area contributed by atoms with Crippen molar-refractivity contribution >= 4 is 165 Å². The number of nitrogens with two attached hydrogens (primary N) is 2. The van der Waals surface area contributed by atoms with Gasteiger partial charge in [-0.05, 0) is 110 Å². The van der Waals surface area contributed by atoms with Gasteiger partial charge in [-0.1, -0.05) is 129 Å². The Hall–Kier alpha value is -14.2. The third-order valence-electron chi connectivity index (χ3n) is 22.3. The maximum Gasteiger partial charge on any atom is 0.322 e. The number of H-pyrrole nitrogens is 3. The summed E-state index contributed by atoms with van der Waals surface area (Å²) in [6.07, 6.45) is 1.62. The number of nitrogens with one attached hydrogen (secondary N) is 16. The summed E-state index contributed by atoms with van der Waals surface area (Å²) >= 11 is 8.65. The standard InChI is InChI=1S/C91H113N19O22S2/c1-49(2)34-64(83(124)103-66(36-51-20-7-4-8-21-51)85(126)108-71(47-133)88(129)104-67(38-53-43-95-60-26-13-10-23-56(53)60)86(127)105-70(41-77(116)117)81(122)98-46-78(118)119)101-87(128)68(39-54-44-96-61-27-14-11-24-57(54)61)107-90(131)73-29-17-33-110(73)91(132)63(30-31-75(112)113)99-74(111)45-97-80(121)69(40-76(114)115)106-89(130)72(48-134)109-84(125)65(35-50-18-5-3-6-19-50)102-82(123)62(28-15-16-32-92)100-79(120)58(93)37-52-42-94-59-25-12-9-22-55(52)59/h3-14,18-27,42-44,49,58,62-73,94-96,133-134H,15-17,28-41,45-48,92-93H2,1-2H3,(H,97,121)(H,98,122)(H,99,111)(H,100,120)(H,101,128)(H,102,123)(H,103,124)(H,104,129)(H,105,127)(H,106,130)(H,107,131)(H,108,126)(H,109,125)(H,112,113)(H,114,115)(H,116,117)(H,118,119)/t58-,62-,63-,64-,65-,66-,67-,68-,69-,70-,71-,72-,73-/m0/s1. The normalized spacial score (nSPS) is 15.1. The molecule has 8 aromatic rings. The smallest absolute Gasteiger partial charge is 0.322 e. The maximum atomic E-state index is 15.2. The van der Waals surface area contributed by atoms with Crippen molar-refractivity contribution in [3.05, 3.63) is 180 Å². The number of carboxylic acids is 4. The number of amides is 14. The number of rotatable bonds is 53. The van der Waals surface area contributed by atoms with Crippen LogP contribution in [0.4, 0.5) is 0 Å². The fraction of sp³-hybridized carbons (Fsp3) is 0.407. The average molecular weight is 1890 g/mol. The second-order valence-electron chi connectivity index (χ2n) is 32.8. The second-order valence-corrected chi connectivity index (χ2v) is 33.6. The van der Waals surface area contributed by atoms with Crippen molar-refractivity contribution in [3.63, 3.8) is 0 Å². The van der Waals surface area contributed by atoms with Crippen LogP contribution >= 0.6 is 25.3 Å². The van der Waals surface area contributed by atoms with Gasteiger partial charge in [-0.3, -0.25) is 86.3 Å². The topological polar surface area (TPSA) is 647 Å². The molecular formula is C91H113N19O22S2. The van der Waals surface area contributed by atoms with Crippen LogP contribution < -0.4 is 80.6 Å². The first kappa shape index (κ1) is 104. The number of aliphatic carboxylic acids is 4. The van der Waals surface area contributed by atoms with E-state index in [0.29, 0.717) is 56.9 Å². The molecule has 43 heteroatoms. The molecule has 24 N–H and O–H groups in total. The van der Waals surface area contributed by atoms with Crippen LogP contribution in [0.15, 0.2) is 152 Å². The molecule has 3 aromatic heterocycles. The van der Waals surface area contributed by atoms with Crippen LogP contribution in [0.2, 0.25) is 0 Å². The number of hydrogen-bond donors (Lipinski definition) is 24. The van der Waals surface area contributed by atoms with Crippen LogP contribution in [0.25, 0.3) is 32.7 Å². The minimum absolute atomic E-state index is 0.0394. The number of unbranched alkanes of at least 4 members (excludes halogenated alkanes) is 1. The molecule has 5 aromatic carbocycles. The number of carbonyl (C=O) groups is 18. The van der Waals surface area contributed by atoms with Gasteiger partial charge in [0.1, 0.15) is 79.0 Å². The molecule has 14 amide bonds. The van der Waals surface area contributed by atoms with Gasteiger partial charge in [0.05, 0.1) is 25.4 Å². The number of thiol groups is 2. The molecule has 0 aliphatic carbocycles. The Kier molecular flexibility index (Phi) is 39.4. The summed E-state index contributed by atoms with van der Waals surface area (Å²) in [6, 6.07) is 18.0. The number of carbonyl (C=O) groups excluding carboxylic acids is 14. The van der Waals surface area contributed by atoms with E-state index >= 15 is 14.4 Å². The fourth-order valence-electron chi connectivity index (χ4n) is 15.4. The molecule has 0 saturated carbocycles. The number of aromatic nitrogens is 3. The van der Waals surface area contributed by atoms with E-state index in [-0.39, 0.29) is 76.8 Å². The van der Waals surface area contributed by atoms with Crippen LogP contribution in [-0.2, 0) is 118 Å². The Morgan fingerprint density at radius 2 is 0.776 bits per heavy atom. The van der Waals surface area contributed by atoms with Gasteiger partial charge in [-0.2, -0.15) is 25.3 Å². The summed E-state index contributed by atoms with van der Waals surface area (Å²) in [4.78, 5) is 260. The van der Waals surface area contributed by atoms with E-state index in [1.165, 1.54) is 0 Å². The van der Waals surface area contributed by atoms with E-state index in [2.05, 4.69) is 104 Å². The molecule has 0 spiro atoms. The first-order valence-corrected chi connectivity index (χ1v) is 44.8. The highest BCUT2D eigenvalue weighted by Crippen LogP contribution is 2.26.